The molecule has 1 aliphatic heterocycles. The molecule has 1 saturated heterocycles. The highest BCUT2D eigenvalue weighted by molar-refractivity contribution is 9.10. The van der Waals surface area contributed by atoms with Gasteiger partial charge in [0.25, 0.3) is 0 Å². The van der Waals surface area contributed by atoms with Gasteiger partial charge in [-0.15, -0.1) is 0 Å². The third-order valence-electron chi connectivity index (χ3n) is 6.30. The van der Waals surface area contributed by atoms with Gasteiger partial charge in [-0.1, -0.05) is 58.4 Å². The van der Waals surface area contributed by atoms with E-state index < -0.39 is 6.04 Å². The van der Waals surface area contributed by atoms with Crippen molar-refractivity contribution in [2.24, 2.45) is 0 Å². The topological polar surface area (TPSA) is 77.1 Å². The molecule has 7 nitrogen and oxygen atoms in total. The molecule has 194 valence electrons. The molecule has 0 saturated carbocycles. The smallest absolute Gasteiger partial charge is 0.337 e. The molecule has 8 heteroatoms. The summed E-state index contributed by atoms with van der Waals surface area (Å²) in [5.41, 5.74) is 3.51. The summed E-state index contributed by atoms with van der Waals surface area (Å²) >= 11 is 3.59. The molecule has 37 heavy (non-hydrogen) atoms. The maximum absolute atomic E-state index is 13.3. The number of hydrogen-bond donors (Lipinski definition) is 1. The van der Waals surface area contributed by atoms with Gasteiger partial charge in [0, 0.05) is 17.6 Å². The van der Waals surface area contributed by atoms with Gasteiger partial charge in [-0.25, -0.2) is 4.79 Å². The van der Waals surface area contributed by atoms with E-state index in [1.54, 1.807) is 12.1 Å². The van der Waals surface area contributed by atoms with E-state index in [-0.39, 0.29) is 17.9 Å². The van der Waals surface area contributed by atoms with Crippen LogP contribution in [0.5, 0.6) is 5.75 Å². The number of morpholine rings is 1. The summed E-state index contributed by atoms with van der Waals surface area (Å²) in [5.74, 6) is 0.283. The number of hydrogen-bond acceptors (Lipinski definition) is 6. The Morgan fingerprint density at radius 3 is 2.57 bits per heavy atom. The molecule has 0 aromatic heterocycles. The molecule has 3 aromatic rings. The van der Waals surface area contributed by atoms with E-state index in [0.29, 0.717) is 38.5 Å². The number of nitrogens with zero attached hydrogens (tertiary/aromatic N) is 1. The van der Waals surface area contributed by atoms with Crippen LogP contribution in [0, 0.1) is 0 Å². The Hall–Kier alpha value is -3.20. The average Bonchev–Trinajstić information content (AvgIpc) is 2.92. The number of amides is 1. The second-order valence-corrected chi connectivity index (χ2v) is 9.89. The fraction of sp³-hybridized carbons (Fsp3) is 0.310. The van der Waals surface area contributed by atoms with Crippen molar-refractivity contribution >= 4 is 27.8 Å². The fourth-order valence-electron chi connectivity index (χ4n) is 4.26. The highest BCUT2D eigenvalue weighted by Gasteiger charge is 2.30. The maximum Gasteiger partial charge on any atom is 0.337 e. The second kappa shape index (κ2) is 12.9. The zero-order valence-electron chi connectivity index (χ0n) is 21.0. The standard InChI is InChI=1S/C29H31BrN2O5/c1-20(23-8-10-24(11-9-23)29(34)35-2)31-28(33)27-19-36-13-12-32(27)17-22-14-25(30)16-26(15-22)37-18-21-6-4-3-5-7-21/h3-11,14-16,20,27H,12-13,17-19H2,1-2H3,(H,31,33)/t20-,27+/m0/s1. The molecule has 0 bridgehead atoms. The molecule has 0 radical (unpaired) electrons. The minimum Gasteiger partial charge on any atom is -0.489 e. The monoisotopic (exact) mass is 566 g/mol. The Morgan fingerprint density at radius 2 is 1.84 bits per heavy atom. The number of ether oxygens (including phenoxy) is 3. The minimum absolute atomic E-state index is 0.0974. The van der Waals surface area contributed by atoms with Crippen LogP contribution >= 0.6 is 15.9 Å². The first-order valence-corrected chi connectivity index (χ1v) is 13.0. The van der Waals surface area contributed by atoms with Crippen molar-refractivity contribution in [1.82, 2.24) is 10.2 Å². The quantitative estimate of drug-likeness (QED) is 0.371. The predicted octanol–water partition coefficient (Wildman–Crippen LogP) is 4.89. The van der Waals surface area contributed by atoms with Crippen molar-refractivity contribution in [2.45, 2.75) is 32.2 Å². The number of carbonyl (C=O) groups excluding carboxylic acids is 2. The van der Waals surface area contributed by atoms with Crippen LogP contribution < -0.4 is 10.1 Å². The number of halogens is 1. The van der Waals surface area contributed by atoms with Crippen LogP contribution in [-0.2, 0) is 27.4 Å². The molecule has 4 rings (SSSR count). The molecule has 0 aliphatic carbocycles. The van der Waals surface area contributed by atoms with Crippen LogP contribution in [0.25, 0.3) is 0 Å². The van der Waals surface area contributed by atoms with Gasteiger partial charge < -0.3 is 19.5 Å². The van der Waals surface area contributed by atoms with Crippen molar-refractivity contribution in [3.63, 3.8) is 0 Å². The Kier molecular flexibility index (Phi) is 9.33. The van der Waals surface area contributed by atoms with Crippen LogP contribution in [-0.4, -0.2) is 49.7 Å². The van der Waals surface area contributed by atoms with Crippen LogP contribution in [0.1, 0.15) is 40.0 Å². The minimum atomic E-state index is -0.418. The molecule has 0 unspecified atom stereocenters. The van der Waals surface area contributed by atoms with Crippen molar-refractivity contribution in [2.75, 3.05) is 26.9 Å². The lowest BCUT2D eigenvalue weighted by atomic mass is 10.1. The first-order valence-electron chi connectivity index (χ1n) is 12.2. The Balaban J connectivity index is 1.40. The zero-order valence-corrected chi connectivity index (χ0v) is 22.6. The maximum atomic E-state index is 13.3. The van der Waals surface area contributed by atoms with E-state index >= 15 is 0 Å². The molecule has 1 heterocycles. The number of rotatable bonds is 9. The molecule has 1 N–H and O–H groups in total. The molecule has 2 atom stereocenters. The van der Waals surface area contributed by atoms with Crippen LogP contribution in [0.2, 0.25) is 0 Å². The van der Waals surface area contributed by atoms with E-state index in [4.69, 9.17) is 14.2 Å². The lowest BCUT2D eigenvalue weighted by molar-refractivity contribution is -0.133. The number of esters is 1. The molecule has 1 amide bonds. The first kappa shape index (κ1) is 26.9. The predicted molar refractivity (Wildman–Crippen MR) is 144 cm³/mol. The van der Waals surface area contributed by atoms with E-state index in [1.807, 2.05) is 67.6 Å². The summed E-state index contributed by atoms with van der Waals surface area (Å²) in [5, 5.41) is 3.09. The van der Waals surface area contributed by atoms with E-state index in [9.17, 15) is 9.59 Å². The van der Waals surface area contributed by atoms with Crippen LogP contribution in [0.4, 0.5) is 0 Å². The van der Waals surface area contributed by atoms with Gasteiger partial charge >= 0.3 is 5.97 Å². The molecule has 3 aromatic carbocycles. The second-order valence-electron chi connectivity index (χ2n) is 8.97. The van der Waals surface area contributed by atoms with E-state index in [1.165, 1.54) is 7.11 Å². The van der Waals surface area contributed by atoms with E-state index in [0.717, 1.165) is 26.9 Å². The van der Waals surface area contributed by atoms with Crippen LogP contribution in [0.15, 0.2) is 77.3 Å². The van der Waals surface area contributed by atoms with E-state index in [2.05, 4.69) is 26.1 Å². The first-order chi connectivity index (χ1) is 17.9. The lowest BCUT2D eigenvalue weighted by Gasteiger charge is -2.35. The summed E-state index contributed by atoms with van der Waals surface area (Å²) in [7, 11) is 1.35. The third-order valence-corrected chi connectivity index (χ3v) is 6.76. The molecule has 0 spiro atoms. The fourth-order valence-corrected chi connectivity index (χ4v) is 4.78. The number of carbonyl (C=O) groups is 2. The number of benzene rings is 3. The average molecular weight is 567 g/mol. The molecular weight excluding hydrogens is 536 g/mol. The normalized spacial score (nSPS) is 16.6. The Bertz CT molecular complexity index is 1200. The van der Waals surface area contributed by atoms with Gasteiger partial charge in [0.15, 0.2) is 0 Å². The highest BCUT2D eigenvalue weighted by atomic mass is 79.9. The Morgan fingerprint density at radius 1 is 1.08 bits per heavy atom. The molecule has 1 fully saturated rings. The van der Waals surface area contributed by atoms with Gasteiger partial charge in [0.1, 0.15) is 18.4 Å². The van der Waals surface area contributed by atoms with Gasteiger partial charge in [-0.3, -0.25) is 9.69 Å². The van der Waals surface area contributed by atoms with Gasteiger partial charge in [0.05, 0.1) is 31.9 Å². The number of nitrogens with one attached hydrogen (secondary N) is 1. The summed E-state index contributed by atoms with van der Waals surface area (Å²) in [6.07, 6.45) is 0. The third kappa shape index (κ3) is 7.41. The Labute approximate surface area is 225 Å². The lowest BCUT2D eigenvalue weighted by Crippen LogP contribution is -2.53. The van der Waals surface area contributed by atoms with Crippen molar-refractivity contribution in [1.29, 1.82) is 0 Å². The molecule has 1 aliphatic rings. The van der Waals surface area contributed by atoms with Crippen molar-refractivity contribution in [3.05, 3.63) is 99.5 Å². The summed E-state index contributed by atoms with van der Waals surface area (Å²) in [6.45, 7) is 4.53. The molecular formula is C29H31BrN2O5. The number of methoxy groups -OCH3 is 1. The largest absolute Gasteiger partial charge is 0.489 e. The van der Waals surface area contributed by atoms with Gasteiger partial charge in [0.2, 0.25) is 5.91 Å². The summed E-state index contributed by atoms with van der Waals surface area (Å²) < 4.78 is 17.4. The van der Waals surface area contributed by atoms with Gasteiger partial charge in [-0.2, -0.15) is 0 Å². The summed E-state index contributed by atoms with van der Waals surface area (Å²) in [4.78, 5) is 27.1. The SMILES string of the molecule is COC(=O)c1ccc([C@H](C)NC(=O)[C@H]2COCCN2Cc2cc(Br)cc(OCc3ccccc3)c2)cc1. The van der Waals surface area contributed by atoms with Crippen LogP contribution in [0.3, 0.4) is 0 Å². The highest BCUT2D eigenvalue weighted by Crippen LogP contribution is 2.25. The summed E-state index contributed by atoms with van der Waals surface area (Å²) in [6, 6.07) is 22.4. The van der Waals surface area contributed by atoms with Crippen molar-refractivity contribution in [3.8, 4) is 5.75 Å². The van der Waals surface area contributed by atoms with Crippen molar-refractivity contribution < 1.29 is 23.8 Å². The zero-order chi connectivity index (χ0) is 26.2. The van der Waals surface area contributed by atoms with Gasteiger partial charge in [-0.05, 0) is 53.9 Å².